The first kappa shape index (κ1) is 12.6. The van der Waals surface area contributed by atoms with Gasteiger partial charge in [0, 0.05) is 22.2 Å². The van der Waals surface area contributed by atoms with E-state index in [2.05, 4.69) is 0 Å². The van der Waals surface area contributed by atoms with Gasteiger partial charge in [0.05, 0.1) is 4.88 Å². The summed E-state index contributed by atoms with van der Waals surface area (Å²) in [6.07, 6.45) is -5.23. The second kappa shape index (κ2) is 4.78. The largest absolute Gasteiger partial charge is 0.389 e. The van der Waals surface area contributed by atoms with E-state index in [9.17, 15) is 18.0 Å². The number of alkyl halides is 3. The molecule has 2 rings (SSSR count). The van der Waals surface area contributed by atoms with Crippen molar-refractivity contribution < 1.29 is 18.0 Å². The highest BCUT2D eigenvalue weighted by Crippen LogP contribution is 2.31. The third kappa shape index (κ3) is 3.29. The SMILES string of the molecule is O=C(CCCC(F)(F)F)c1cc2sccc2s1. The molecule has 6 heteroatoms. The second-order valence-electron chi connectivity index (χ2n) is 3.65. The number of ketones is 1. The van der Waals surface area contributed by atoms with Crippen molar-refractivity contribution in [3.63, 3.8) is 0 Å². The summed E-state index contributed by atoms with van der Waals surface area (Å²) in [5.74, 6) is -0.192. The predicted molar refractivity (Wildman–Crippen MR) is 63.9 cm³/mol. The normalized spacial score (nSPS) is 12.2. The highest BCUT2D eigenvalue weighted by molar-refractivity contribution is 7.27. The van der Waals surface area contributed by atoms with E-state index in [1.807, 2.05) is 11.4 Å². The van der Waals surface area contributed by atoms with Gasteiger partial charge in [0.25, 0.3) is 0 Å². The fourth-order valence-electron chi connectivity index (χ4n) is 1.48. The third-order valence-electron chi connectivity index (χ3n) is 2.28. The minimum atomic E-state index is -4.17. The summed E-state index contributed by atoms with van der Waals surface area (Å²) in [7, 11) is 0. The van der Waals surface area contributed by atoms with E-state index < -0.39 is 12.6 Å². The number of hydrogen-bond acceptors (Lipinski definition) is 3. The van der Waals surface area contributed by atoms with Crippen LogP contribution in [0, 0.1) is 0 Å². The van der Waals surface area contributed by atoms with Crippen LogP contribution >= 0.6 is 22.7 Å². The molecule has 92 valence electrons. The second-order valence-corrected chi connectivity index (χ2v) is 5.68. The average Bonchev–Trinajstić information content (AvgIpc) is 2.73. The number of thiophene rings is 2. The molecule has 0 amide bonds. The molecule has 2 aromatic heterocycles. The van der Waals surface area contributed by atoms with Crippen LogP contribution in [0.4, 0.5) is 13.2 Å². The smallest absolute Gasteiger partial charge is 0.293 e. The summed E-state index contributed by atoms with van der Waals surface area (Å²) in [6, 6.07) is 3.68. The molecule has 0 aliphatic carbocycles. The van der Waals surface area contributed by atoms with Crippen LogP contribution in [0.5, 0.6) is 0 Å². The predicted octanol–water partition coefficient (Wildman–Crippen LogP) is 4.88. The van der Waals surface area contributed by atoms with E-state index in [4.69, 9.17) is 0 Å². The van der Waals surface area contributed by atoms with Crippen molar-refractivity contribution in [2.45, 2.75) is 25.4 Å². The number of rotatable bonds is 4. The fourth-order valence-corrected chi connectivity index (χ4v) is 3.55. The number of Topliss-reactive ketones (excluding diaryl/α,β-unsaturated/α-hetero) is 1. The molecule has 1 nitrogen and oxygen atoms in total. The van der Waals surface area contributed by atoms with Crippen LogP contribution in [-0.2, 0) is 0 Å². The van der Waals surface area contributed by atoms with E-state index in [0.717, 1.165) is 9.40 Å². The van der Waals surface area contributed by atoms with Crippen molar-refractivity contribution in [3.8, 4) is 0 Å². The fraction of sp³-hybridized carbons (Fsp3) is 0.364. The first-order chi connectivity index (χ1) is 7.96. The molecule has 0 radical (unpaired) electrons. The van der Waals surface area contributed by atoms with E-state index in [1.54, 1.807) is 6.07 Å². The Morgan fingerprint density at radius 1 is 1.29 bits per heavy atom. The van der Waals surface area contributed by atoms with E-state index in [1.165, 1.54) is 22.7 Å². The van der Waals surface area contributed by atoms with Crippen molar-refractivity contribution in [1.29, 1.82) is 0 Å². The van der Waals surface area contributed by atoms with Crippen molar-refractivity contribution in [3.05, 3.63) is 22.4 Å². The van der Waals surface area contributed by atoms with Gasteiger partial charge < -0.3 is 0 Å². The molecule has 0 aliphatic heterocycles. The summed E-state index contributed by atoms with van der Waals surface area (Å²) in [6.45, 7) is 0. The van der Waals surface area contributed by atoms with Gasteiger partial charge in [-0.1, -0.05) is 0 Å². The lowest BCUT2D eigenvalue weighted by molar-refractivity contribution is -0.135. The molecular formula is C11H9F3OS2. The number of hydrogen-bond donors (Lipinski definition) is 0. The molecular weight excluding hydrogens is 269 g/mol. The zero-order chi connectivity index (χ0) is 12.5. The first-order valence-corrected chi connectivity index (χ1v) is 6.72. The topological polar surface area (TPSA) is 17.1 Å². The van der Waals surface area contributed by atoms with Gasteiger partial charge in [0.15, 0.2) is 5.78 Å². The van der Waals surface area contributed by atoms with Crippen LogP contribution in [0.25, 0.3) is 9.40 Å². The Hall–Kier alpha value is -0.880. The Bertz CT molecular complexity index is 496. The molecule has 0 N–H and O–H groups in total. The monoisotopic (exact) mass is 278 g/mol. The highest BCUT2D eigenvalue weighted by atomic mass is 32.1. The molecule has 0 aromatic carbocycles. The van der Waals surface area contributed by atoms with Crippen LogP contribution in [-0.4, -0.2) is 12.0 Å². The lowest BCUT2D eigenvalue weighted by Crippen LogP contribution is -2.08. The van der Waals surface area contributed by atoms with Gasteiger partial charge in [-0.15, -0.1) is 22.7 Å². The van der Waals surface area contributed by atoms with Crippen LogP contribution in [0.2, 0.25) is 0 Å². The molecule has 2 heterocycles. The summed E-state index contributed by atoms with van der Waals surface area (Å²) in [4.78, 5) is 12.2. The highest BCUT2D eigenvalue weighted by Gasteiger charge is 2.26. The summed E-state index contributed by atoms with van der Waals surface area (Å²) in [5, 5.41) is 1.93. The summed E-state index contributed by atoms with van der Waals surface area (Å²) >= 11 is 2.88. The minimum Gasteiger partial charge on any atom is -0.293 e. The molecule has 0 spiro atoms. The van der Waals surface area contributed by atoms with Crippen molar-refractivity contribution in [1.82, 2.24) is 0 Å². The van der Waals surface area contributed by atoms with Crippen LogP contribution in [0.15, 0.2) is 17.5 Å². The van der Waals surface area contributed by atoms with E-state index >= 15 is 0 Å². The Labute approximate surface area is 104 Å². The Balaban J connectivity index is 1.94. The Morgan fingerprint density at radius 2 is 2.06 bits per heavy atom. The maximum atomic E-state index is 11.9. The van der Waals surface area contributed by atoms with E-state index in [-0.39, 0.29) is 18.6 Å². The molecule has 0 saturated heterocycles. The van der Waals surface area contributed by atoms with Gasteiger partial charge in [0.1, 0.15) is 0 Å². The molecule has 0 aliphatic rings. The standard InChI is InChI=1S/C11H9F3OS2/c12-11(13,14)4-1-2-7(15)9-6-10-8(17-9)3-5-16-10/h3,5-6H,1-2,4H2. The van der Waals surface area contributed by atoms with Gasteiger partial charge in [-0.3, -0.25) is 4.79 Å². The maximum Gasteiger partial charge on any atom is 0.389 e. The van der Waals surface area contributed by atoms with Crippen molar-refractivity contribution in [2.75, 3.05) is 0 Å². The summed E-state index contributed by atoms with van der Waals surface area (Å²) in [5.41, 5.74) is 0. The molecule has 17 heavy (non-hydrogen) atoms. The molecule has 0 bridgehead atoms. The quantitative estimate of drug-likeness (QED) is 0.729. The molecule has 0 atom stereocenters. The zero-order valence-corrected chi connectivity index (χ0v) is 10.3. The molecule has 0 saturated carbocycles. The lowest BCUT2D eigenvalue weighted by atomic mass is 10.1. The maximum absolute atomic E-state index is 11.9. The number of carbonyl (C=O) groups excluding carboxylic acids is 1. The van der Waals surface area contributed by atoms with Gasteiger partial charge in [-0.2, -0.15) is 13.2 Å². The van der Waals surface area contributed by atoms with Crippen molar-refractivity contribution in [2.24, 2.45) is 0 Å². The Morgan fingerprint density at radius 3 is 2.71 bits per heavy atom. The third-order valence-corrected chi connectivity index (χ3v) is 4.41. The lowest BCUT2D eigenvalue weighted by Gasteiger charge is -2.04. The number of carbonyl (C=O) groups is 1. The minimum absolute atomic E-state index is 0.0344. The Kier molecular flexibility index (Phi) is 3.53. The van der Waals surface area contributed by atoms with Crippen molar-refractivity contribution >= 4 is 37.9 Å². The van der Waals surface area contributed by atoms with Crippen LogP contribution in [0.1, 0.15) is 28.9 Å². The molecule has 0 fully saturated rings. The van der Waals surface area contributed by atoms with Crippen LogP contribution in [0.3, 0.4) is 0 Å². The van der Waals surface area contributed by atoms with Crippen LogP contribution < -0.4 is 0 Å². The average molecular weight is 278 g/mol. The zero-order valence-electron chi connectivity index (χ0n) is 8.71. The van der Waals surface area contributed by atoms with Gasteiger partial charge >= 0.3 is 6.18 Å². The first-order valence-electron chi connectivity index (χ1n) is 5.03. The summed E-state index contributed by atoms with van der Waals surface area (Å²) < 4.78 is 37.8. The van der Waals surface area contributed by atoms with Gasteiger partial charge in [-0.05, 0) is 23.9 Å². The molecule has 2 aromatic rings. The molecule has 0 unspecified atom stereocenters. The van der Waals surface area contributed by atoms with E-state index in [0.29, 0.717) is 4.88 Å². The number of halogens is 3. The van der Waals surface area contributed by atoms with Gasteiger partial charge in [-0.25, -0.2) is 0 Å². The van der Waals surface area contributed by atoms with Gasteiger partial charge in [0.2, 0.25) is 0 Å². The number of fused-ring (bicyclic) bond motifs is 1.